The van der Waals surface area contributed by atoms with Crippen molar-refractivity contribution in [2.24, 2.45) is 40.1 Å². The van der Waals surface area contributed by atoms with E-state index in [4.69, 9.17) is 16.2 Å². The van der Waals surface area contributed by atoms with Gasteiger partial charge in [0.1, 0.15) is 35.9 Å². The first-order chi connectivity index (χ1) is 33.8. The van der Waals surface area contributed by atoms with E-state index in [1.54, 1.807) is 27.0 Å². The van der Waals surface area contributed by atoms with E-state index in [0.29, 0.717) is 18.4 Å². The van der Waals surface area contributed by atoms with Crippen LogP contribution in [0.25, 0.3) is 0 Å². The van der Waals surface area contributed by atoms with Gasteiger partial charge in [-0.05, 0) is 57.4 Å². The van der Waals surface area contributed by atoms with E-state index < -0.39 is 120 Å². The van der Waals surface area contributed by atoms with Crippen LogP contribution in [0.1, 0.15) is 92.6 Å². The van der Waals surface area contributed by atoms with Gasteiger partial charge < -0.3 is 63.2 Å². The Balaban J connectivity index is 2.74. The second-order valence-corrected chi connectivity index (χ2v) is 18.4. The van der Waals surface area contributed by atoms with Crippen molar-refractivity contribution < 1.29 is 58.1 Å². The summed E-state index contributed by atoms with van der Waals surface area (Å²) in [6.07, 6.45) is 5.23. The summed E-state index contributed by atoms with van der Waals surface area (Å²) in [7, 11) is 2.83. The molecule has 7 amide bonds. The number of carboxylic acids is 2. The highest BCUT2D eigenvalue weighted by molar-refractivity contribution is 6.00. The molecule has 1 aliphatic heterocycles. The lowest BCUT2D eigenvalue weighted by molar-refractivity contribution is -0.146. The zero-order chi connectivity index (χ0) is 54.4. The van der Waals surface area contributed by atoms with Crippen LogP contribution in [0.2, 0.25) is 0 Å². The van der Waals surface area contributed by atoms with Crippen LogP contribution in [0.4, 0.5) is 0 Å². The lowest BCUT2D eigenvalue weighted by Gasteiger charge is -2.29. The molecule has 398 valence electrons. The minimum atomic E-state index is -1.88. The predicted octanol–water partition coefficient (Wildman–Crippen LogP) is 1.01. The number of methoxy groups -OCH3 is 1. The van der Waals surface area contributed by atoms with Crippen molar-refractivity contribution in [1.29, 1.82) is 0 Å². The molecule has 0 aromatic heterocycles. The molecule has 11 atom stereocenters. The summed E-state index contributed by atoms with van der Waals surface area (Å²) in [5, 5.41) is 35.6. The number of carbonyl (C=O) groups is 9. The first-order valence-electron chi connectivity index (χ1n) is 24.0. The van der Waals surface area contributed by atoms with Crippen LogP contribution >= 0.6 is 0 Å². The highest BCUT2D eigenvalue weighted by atomic mass is 16.5. The van der Waals surface area contributed by atoms with Gasteiger partial charge in [-0.2, -0.15) is 0 Å². The summed E-state index contributed by atoms with van der Waals surface area (Å²) >= 11 is 0. The Kier molecular flexibility index (Phi) is 25.4. The Hall–Kier alpha value is -7.10. The highest BCUT2D eigenvalue weighted by Crippen LogP contribution is 2.19. The van der Waals surface area contributed by atoms with Crippen LogP contribution < -0.4 is 43.4 Å². The number of nitrogens with one attached hydrogen (secondary N) is 6. The molecule has 12 N–H and O–H groups in total. The number of aliphatic imine (C=N–C) groups is 1. The number of carbonyl (C=O) groups excluding carboxylic acids is 7. The number of hydrogen-bond donors (Lipinski definition) is 10. The smallest absolute Gasteiger partial charge is 0.327 e. The van der Waals surface area contributed by atoms with Gasteiger partial charge in [0.05, 0.1) is 24.0 Å². The average Bonchev–Trinajstić information content (AvgIpc) is 3.33. The van der Waals surface area contributed by atoms with Gasteiger partial charge in [-0.25, -0.2) is 9.59 Å². The molecule has 22 nitrogen and oxygen atoms in total. The molecule has 0 bridgehead atoms. The average molecular weight is 1010 g/mol. The maximum atomic E-state index is 14.4. The number of nitrogens with zero attached hydrogens (tertiary/aromatic N) is 2. The lowest BCUT2D eigenvalue weighted by Crippen LogP contribution is -2.59. The molecular formula is C50H76N10O12. The normalized spacial score (nSPS) is 25.5. The lowest BCUT2D eigenvalue weighted by atomic mass is 9.94. The van der Waals surface area contributed by atoms with Gasteiger partial charge in [-0.3, -0.25) is 38.6 Å². The molecule has 1 heterocycles. The molecule has 1 aliphatic rings. The van der Waals surface area contributed by atoms with E-state index in [1.165, 1.54) is 33.9 Å². The molecule has 22 heteroatoms. The second kappa shape index (κ2) is 29.9. The van der Waals surface area contributed by atoms with Crippen LogP contribution in [-0.4, -0.2) is 137 Å². The fourth-order valence-corrected chi connectivity index (χ4v) is 7.55. The number of ether oxygens (including phenoxy) is 1. The van der Waals surface area contributed by atoms with Gasteiger partial charge >= 0.3 is 11.9 Å². The van der Waals surface area contributed by atoms with Crippen molar-refractivity contribution in [3.8, 4) is 0 Å². The number of amides is 7. The summed E-state index contributed by atoms with van der Waals surface area (Å²) < 4.78 is 5.82. The summed E-state index contributed by atoms with van der Waals surface area (Å²) in [6, 6.07) is 1.01. The number of rotatable bonds is 16. The molecule has 1 saturated heterocycles. The fourth-order valence-electron chi connectivity index (χ4n) is 7.55. The van der Waals surface area contributed by atoms with Gasteiger partial charge in [0.15, 0.2) is 5.96 Å². The van der Waals surface area contributed by atoms with Crippen LogP contribution in [0.5, 0.6) is 0 Å². The van der Waals surface area contributed by atoms with E-state index in [-0.39, 0.29) is 49.7 Å². The van der Waals surface area contributed by atoms with Crippen LogP contribution in [0.15, 0.2) is 71.4 Å². The molecule has 0 spiro atoms. The maximum Gasteiger partial charge on any atom is 0.327 e. The van der Waals surface area contributed by atoms with Crippen LogP contribution in [-0.2, 0) is 54.3 Å². The van der Waals surface area contributed by atoms with Gasteiger partial charge in [0, 0.05) is 33.0 Å². The molecule has 2 rings (SSSR count). The number of aliphatic carboxylic acids is 2. The van der Waals surface area contributed by atoms with Crippen LogP contribution in [0.3, 0.4) is 0 Å². The Bertz CT molecular complexity index is 2180. The molecule has 0 aliphatic carbocycles. The monoisotopic (exact) mass is 1010 g/mol. The van der Waals surface area contributed by atoms with Gasteiger partial charge in [-0.1, -0.05) is 102 Å². The van der Waals surface area contributed by atoms with Gasteiger partial charge in [0.25, 0.3) is 5.91 Å². The number of nitrogens with two attached hydrogens (primary N) is 2. The Morgan fingerprint density at radius 3 is 2.06 bits per heavy atom. The van der Waals surface area contributed by atoms with Gasteiger partial charge in [-0.15, -0.1) is 0 Å². The number of guanidine groups is 1. The molecule has 72 heavy (non-hydrogen) atoms. The van der Waals surface area contributed by atoms with Crippen molar-refractivity contribution in [2.45, 2.75) is 136 Å². The standard InChI is InChI=1S/C50H76N10O12/c1-11-27(2)25-38-47(67)59-41(49(70)71)31(6)43(63)56-36(18-15-23-53-50(51)52)46(66)55-35(20-19-28(3)24-29(4)39(72-10)26-34-16-13-12-14-17-34)30(5)42(62)57-37(48(68)69)21-22-40(61)60(9)33(8)45(65)54-32(7)44(64)58-38/h12-14,16-17,19-20,24,27,29-32,35-39,41H,8,11,15,18,21-23,25-26H2,1-7,9-10H3,(H,54,65)(H,55,66)(H,56,63)(H,57,62)(H,58,64)(H,59,67)(H,68,69)(H,70,71)(H4,51,52,53). The number of allylic oxidation sites excluding steroid dienone is 2. The second-order valence-electron chi connectivity index (χ2n) is 18.4. The topological polar surface area (TPSA) is 343 Å². The Morgan fingerprint density at radius 1 is 0.861 bits per heavy atom. The van der Waals surface area contributed by atoms with Crippen molar-refractivity contribution in [3.05, 3.63) is 72.0 Å². The summed E-state index contributed by atoms with van der Waals surface area (Å²) in [6.45, 7) is 15.1. The van der Waals surface area contributed by atoms with Crippen molar-refractivity contribution in [2.75, 3.05) is 20.7 Å². The number of hydrogen-bond acceptors (Lipinski definition) is 11. The summed E-state index contributed by atoms with van der Waals surface area (Å²) in [5.74, 6) is -12.5. The highest BCUT2D eigenvalue weighted by Gasteiger charge is 2.37. The Labute approximate surface area is 421 Å². The van der Waals surface area contributed by atoms with E-state index in [0.717, 1.165) is 10.5 Å². The Morgan fingerprint density at radius 2 is 1.47 bits per heavy atom. The number of likely N-dealkylation sites (N-methyl/N-ethyl adjacent to an activating group) is 1. The summed E-state index contributed by atoms with van der Waals surface area (Å²) in [4.78, 5) is 126. The molecule has 1 fully saturated rings. The van der Waals surface area contributed by atoms with E-state index in [9.17, 15) is 53.4 Å². The van der Waals surface area contributed by atoms with Crippen molar-refractivity contribution >= 4 is 59.2 Å². The molecule has 1 aromatic carbocycles. The fraction of sp³-hybridized carbons (Fsp3) is 0.560. The first-order valence-corrected chi connectivity index (χ1v) is 24.0. The first kappa shape index (κ1) is 61.0. The third-order valence-corrected chi connectivity index (χ3v) is 12.6. The van der Waals surface area contributed by atoms with E-state index in [1.807, 2.05) is 50.3 Å². The van der Waals surface area contributed by atoms with E-state index >= 15 is 0 Å². The zero-order valence-electron chi connectivity index (χ0n) is 42.9. The minimum absolute atomic E-state index is 0.0248. The molecule has 1 aromatic rings. The molecule has 0 saturated carbocycles. The number of carboxylic acid groups (broad SMARTS) is 2. The third kappa shape index (κ3) is 20.0. The van der Waals surface area contributed by atoms with Gasteiger partial charge in [0.2, 0.25) is 35.4 Å². The minimum Gasteiger partial charge on any atom is -0.480 e. The molecule has 11 unspecified atom stereocenters. The van der Waals surface area contributed by atoms with Crippen molar-refractivity contribution in [3.63, 3.8) is 0 Å². The van der Waals surface area contributed by atoms with E-state index in [2.05, 4.69) is 43.5 Å². The predicted molar refractivity (Wildman–Crippen MR) is 269 cm³/mol. The van der Waals surface area contributed by atoms with Crippen molar-refractivity contribution in [1.82, 2.24) is 36.8 Å². The summed E-state index contributed by atoms with van der Waals surface area (Å²) in [5.41, 5.74) is 12.4. The largest absolute Gasteiger partial charge is 0.480 e. The molecular weight excluding hydrogens is 933 g/mol. The number of benzene rings is 1. The zero-order valence-corrected chi connectivity index (χ0v) is 42.9. The quantitative estimate of drug-likeness (QED) is 0.0364. The van der Waals surface area contributed by atoms with Crippen LogP contribution in [0, 0.1) is 23.7 Å². The maximum absolute atomic E-state index is 14.4. The molecule has 0 radical (unpaired) electrons. The third-order valence-electron chi connectivity index (χ3n) is 12.6. The SMILES string of the molecule is C=C1C(=O)NC(C)C(=O)NC(CC(C)CC)C(=O)NC(C(=O)O)C(C)C(=O)NC(CCCN=C(N)N)C(=O)NC(C=CC(C)=CC(C)C(Cc2ccccc2)OC)C(C)C(=O)NC(C(=O)O)CCC(=O)N1C.